The molecule has 0 spiro atoms. The second-order valence-electron chi connectivity index (χ2n) is 7.55. The Bertz CT molecular complexity index is 867. The smallest absolute Gasteiger partial charge is 0.228 e. The summed E-state index contributed by atoms with van der Waals surface area (Å²) in [6, 6.07) is 13.2. The van der Waals surface area contributed by atoms with Crippen molar-refractivity contribution in [1.29, 1.82) is 0 Å². The monoisotopic (exact) mass is 384 g/mol. The number of likely N-dealkylation sites (tertiary alicyclic amines) is 1. The molecule has 0 unspecified atom stereocenters. The summed E-state index contributed by atoms with van der Waals surface area (Å²) >= 11 is 0. The van der Waals surface area contributed by atoms with Gasteiger partial charge in [-0.15, -0.1) is 0 Å². The maximum absolute atomic E-state index is 13.5. The Kier molecular flexibility index (Phi) is 5.11. The highest BCUT2D eigenvalue weighted by Gasteiger charge is 2.40. The Morgan fingerprint density at radius 1 is 1.07 bits per heavy atom. The molecule has 0 N–H and O–H groups in total. The lowest BCUT2D eigenvalue weighted by Gasteiger charge is -2.27. The standard InChI is InChI=1S/C22H22F2N2O2/c23-17-11-18(24)13-20(12-17)26-14-16(10-21(26)27)22(28)25-8-4-7-19(25)9-15-5-2-1-3-6-15/h1-3,5-6,11-13,16,19H,4,7-10,14H2/t16-,19-/m0/s1. The average Bonchev–Trinajstić information content (AvgIpc) is 3.28. The first-order valence-electron chi connectivity index (χ1n) is 9.62. The van der Waals surface area contributed by atoms with Crippen LogP contribution in [0.25, 0.3) is 0 Å². The van der Waals surface area contributed by atoms with E-state index in [2.05, 4.69) is 12.1 Å². The summed E-state index contributed by atoms with van der Waals surface area (Å²) in [6.07, 6.45) is 2.76. The van der Waals surface area contributed by atoms with Crippen molar-refractivity contribution in [2.45, 2.75) is 31.7 Å². The largest absolute Gasteiger partial charge is 0.339 e. The molecule has 2 heterocycles. The normalized spacial score (nSPS) is 22.1. The number of halogens is 2. The third-order valence-corrected chi connectivity index (χ3v) is 5.61. The van der Waals surface area contributed by atoms with Gasteiger partial charge in [0, 0.05) is 37.3 Å². The van der Waals surface area contributed by atoms with E-state index in [4.69, 9.17) is 0 Å². The molecule has 4 nitrogen and oxygen atoms in total. The van der Waals surface area contributed by atoms with Crippen molar-refractivity contribution >= 4 is 17.5 Å². The lowest BCUT2D eigenvalue weighted by atomic mass is 10.0. The van der Waals surface area contributed by atoms with Crippen LogP contribution in [-0.4, -0.2) is 35.8 Å². The van der Waals surface area contributed by atoms with Crippen molar-refractivity contribution in [3.8, 4) is 0 Å². The Hall–Kier alpha value is -2.76. The zero-order chi connectivity index (χ0) is 19.7. The highest BCUT2D eigenvalue weighted by Crippen LogP contribution is 2.30. The molecule has 0 saturated carbocycles. The molecule has 4 rings (SSSR count). The van der Waals surface area contributed by atoms with Crippen LogP contribution in [0.2, 0.25) is 0 Å². The summed E-state index contributed by atoms with van der Waals surface area (Å²) in [5, 5.41) is 0. The predicted octanol–water partition coefficient (Wildman–Crippen LogP) is 3.55. The molecule has 2 amide bonds. The highest BCUT2D eigenvalue weighted by molar-refractivity contribution is 6.00. The van der Waals surface area contributed by atoms with E-state index in [9.17, 15) is 18.4 Å². The molecule has 28 heavy (non-hydrogen) atoms. The van der Waals surface area contributed by atoms with Crippen LogP contribution in [0.3, 0.4) is 0 Å². The van der Waals surface area contributed by atoms with Crippen molar-refractivity contribution in [2.75, 3.05) is 18.0 Å². The van der Waals surface area contributed by atoms with Gasteiger partial charge in [0.25, 0.3) is 0 Å². The molecule has 0 aromatic heterocycles. The average molecular weight is 384 g/mol. The highest BCUT2D eigenvalue weighted by atomic mass is 19.1. The number of benzene rings is 2. The van der Waals surface area contributed by atoms with E-state index < -0.39 is 17.6 Å². The number of carbonyl (C=O) groups excluding carboxylic acids is 2. The molecule has 6 heteroatoms. The first-order valence-corrected chi connectivity index (χ1v) is 9.62. The SMILES string of the molecule is O=C1C[C@H](C(=O)N2CCC[C@H]2Cc2ccccc2)CN1c1cc(F)cc(F)c1. The van der Waals surface area contributed by atoms with Crippen molar-refractivity contribution in [3.63, 3.8) is 0 Å². The van der Waals surface area contributed by atoms with Crippen LogP contribution in [0.5, 0.6) is 0 Å². The molecular weight excluding hydrogens is 362 g/mol. The van der Waals surface area contributed by atoms with E-state index in [1.54, 1.807) is 0 Å². The second-order valence-corrected chi connectivity index (χ2v) is 7.55. The van der Waals surface area contributed by atoms with E-state index in [1.165, 1.54) is 10.5 Å². The van der Waals surface area contributed by atoms with Crippen LogP contribution in [0, 0.1) is 17.6 Å². The molecule has 2 aliphatic rings. The number of rotatable bonds is 4. The molecule has 0 aliphatic carbocycles. The van der Waals surface area contributed by atoms with Crippen molar-refractivity contribution in [3.05, 3.63) is 65.7 Å². The third kappa shape index (κ3) is 3.77. The summed E-state index contributed by atoms with van der Waals surface area (Å²) in [5.74, 6) is -2.26. The van der Waals surface area contributed by atoms with E-state index in [0.29, 0.717) is 6.54 Å². The maximum Gasteiger partial charge on any atom is 0.228 e. The van der Waals surface area contributed by atoms with Crippen LogP contribution >= 0.6 is 0 Å². The fraction of sp³-hybridized carbons (Fsp3) is 0.364. The zero-order valence-corrected chi connectivity index (χ0v) is 15.5. The third-order valence-electron chi connectivity index (χ3n) is 5.61. The zero-order valence-electron chi connectivity index (χ0n) is 15.5. The fourth-order valence-corrected chi connectivity index (χ4v) is 4.28. The number of carbonyl (C=O) groups is 2. The summed E-state index contributed by atoms with van der Waals surface area (Å²) in [4.78, 5) is 28.7. The lowest BCUT2D eigenvalue weighted by molar-refractivity contribution is -0.136. The second kappa shape index (κ2) is 7.70. The van der Waals surface area contributed by atoms with Gasteiger partial charge < -0.3 is 9.80 Å². The van der Waals surface area contributed by atoms with Gasteiger partial charge in [-0.1, -0.05) is 30.3 Å². The van der Waals surface area contributed by atoms with Crippen LogP contribution in [0.15, 0.2) is 48.5 Å². The topological polar surface area (TPSA) is 40.6 Å². The summed E-state index contributed by atoms with van der Waals surface area (Å²) < 4.78 is 27.0. The number of hydrogen-bond acceptors (Lipinski definition) is 2. The molecule has 2 aromatic carbocycles. The molecular formula is C22H22F2N2O2. The minimum absolute atomic E-state index is 0.0360. The van der Waals surface area contributed by atoms with Crippen LogP contribution in [0.4, 0.5) is 14.5 Å². The Morgan fingerprint density at radius 2 is 1.79 bits per heavy atom. The van der Waals surface area contributed by atoms with Crippen LogP contribution in [-0.2, 0) is 16.0 Å². The van der Waals surface area contributed by atoms with Gasteiger partial charge in [0.05, 0.1) is 5.92 Å². The quantitative estimate of drug-likeness (QED) is 0.809. The molecule has 2 saturated heterocycles. The molecule has 0 bridgehead atoms. The predicted molar refractivity (Wildman–Crippen MR) is 102 cm³/mol. The Balaban J connectivity index is 1.46. The number of hydrogen-bond donors (Lipinski definition) is 0. The first kappa shape index (κ1) is 18.6. The van der Waals surface area contributed by atoms with E-state index in [1.807, 2.05) is 23.1 Å². The van der Waals surface area contributed by atoms with E-state index >= 15 is 0 Å². The molecule has 2 aliphatic heterocycles. The number of nitrogens with zero attached hydrogens (tertiary/aromatic N) is 2. The minimum Gasteiger partial charge on any atom is -0.339 e. The Labute approximate surface area is 162 Å². The molecule has 0 radical (unpaired) electrons. The number of amides is 2. The summed E-state index contributed by atoms with van der Waals surface area (Å²) in [6.45, 7) is 0.852. The lowest BCUT2D eigenvalue weighted by Crippen LogP contribution is -2.41. The van der Waals surface area contributed by atoms with Gasteiger partial charge in [0.15, 0.2) is 0 Å². The van der Waals surface area contributed by atoms with Crippen molar-refractivity contribution in [2.24, 2.45) is 5.92 Å². The van der Waals surface area contributed by atoms with Crippen LogP contribution < -0.4 is 4.90 Å². The summed E-state index contributed by atoms with van der Waals surface area (Å²) in [5.41, 5.74) is 1.35. The fourth-order valence-electron chi connectivity index (χ4n) is 4.28. The molecule has 2 fully saturated rings. The summed E-state index contributed by atoms with van der Waals surface area (Å²) in [7, 11) is 0. The van der Waals surface area contributed by atoms with Gasteiger partial charge in [-0.2, -0.15) is 0 Å². The van der Waals surface area contributed by atoms with Crippen molar-refractivity contribution < 1.29 is 18.4 Å². The van der Waals surface area contributed by atoms with Gasteiger partial charge in [-0.25, -0.2) is 8.78 Å². The van der Waals surface area contributed by atoms with Gasteiger partial charge in [0.2, 0.25) is 11.8 Å². The maximum atomic E-state index is 13.5. The van der Waals surface area contributed by atoms with Crippen molar-refractivity contribution in [1.82, 2.24) is 4.90 Å². The van der Waals surface area contributed by atoms with Gasteiger partial charge in [0.1, 0.15) is 11.6 Å². The van der Waals surface area contributed by atoms with Gasteiger partial charge >= 0.3 is 0 Å². The van der Waals surface area contributed by atoms with Crippen LogP contribution in [0.1, 0.15) is 24.8 Å². The molecule has 2 atom stereocenters. The molecule has 146 valence electrons. The van der Waals surface area contributed by atoms with E-state index in [-0.39, 0.29) is 36.5 Å². The number of anilines is 1. The minimum atomic E-state index is -0.736. The van der Waals surface area contributed by atoms with Gasteiger partial charge in [-0.05, 0) is 37.0 Å². The van der Waals surface area contributed by atoms with E-state index in [0.717, 1.165) is 37.5 Å². The Morgan fingerprint density at radius 3 is 2.50 bits per heavy atom. The van der Waals surface area contributed by atoms with Gasteiger partial charge in [-0.3, -0.25) is 9.59 Å². The first-order chi connectivity index (χ1) is 13.5. The molecule has 2 aromatic rings.